The van der Waals surface area contributed by atoms with E-state index in [-0.39, 0.29) is 0 Å². The Morgan fingerprint density at radius 1 is 1.05 bits per heavy atom. The quantitative estimate of drug-likeness (QED) is 0.827. The van der Waals surface area contributed by atoms with E-state index in [1.165, 1.54) is 5.56 Å². The van der Waals surface area contributed by atoms with Crippen LogP contribution in [-0.2, 0) is 12.8 Å². The van der Waals surface area contributed by atoms with Gasteiger partial charge in [-0.1, -0.05) is 51.1 Å². The molecule has 0 unspecified atom stereocenters. The van der Waals surface area contributed by atoms with Gasteiger partial charge >= 0.3 is 0 Å². The molecule has 1 heterocycles. The molecule has 112 valence electrons. The smallest absolute Gasteiger partial charge is 0.131 e. The van der Waals surface area contributed by atoms with Gasteiger partial charge in [0.25, 0.3) is 0 Å². The Morgan fingerprint density at radius 2 is 1.81 bits per heavy atom. The van der Waals surface area contributed by atoms with Crippen LogP contribution in [0.5, 0.6) is 0 Å². The molecule has 21 heavy (non-hydrogen) atoms. The molecule has 3 heteroatoms. The SMILES string of the molecule is CCCNc1cc(C(C)C)nc(CCc2ccccc2)n1. The second-order valence-corrected chi connectivity index (χ2v) is 5.66. The molecular formula is C18H25N3. The first-order chi connectivity index (χ1) is 10.2. The number of nitrogens with zero attached hydrogens (tertiary/aromatic N) is 2. The van der Waals surface area contributed by atoms with Crippen LogP contribution in [0.15, 0.2) is 36.4 Å². The monoisotopic (exact) mass is 283 g/mol. The maximum atomic E-state index is 4.70. The Kier molecular flexibility index (Phi) is 5.73. The molecule has 1 aromatic heterocycles. The van der Waals surface area contributed by atoms with Crippen molar-refractivity contribution in [1.82, 2.24) is 9.97 Å². The van der Waals surface area contributed by atoms with Gasteiger partial charge in [-0.3, -0.25) is 0 Å². The van der Waals surface area contributed by atoms with Gasteiger partial charge in [-0.15, -0.1) is 0 Å². The largest absolute Gasteiger partial charge is 0.370 e. The van der Waals surface area contributed by atoms with Gasteiger partial charge in [-0.25, -0.2) is 9.97 Å². The van der Waals surface area contributed by atoms with Gasteiger partial charge in [-0.05, 0) is 24.3 Å². The summed E-state index contributed by atoms with van der Waals surface area (Å²) in [5, 5.41) is 3.38. The zero-order valence-corrected chi connectivity index (χ0v) is 13.3. The maximum absolute atomic E-state index is 4.70. The molecular weight excluding hydrogens is 258 g/mol. The predicted octanol–water partition coefficient (Wildman–Crippen LogP) is 4.21. The number of aryl methyl sites for hydroxylation is 2. The molecule has 0 amide bonds. The minimum atomic E-state index is 0.422. The summed E-state index contributed by atoms with van der Waals surface area (Å²) >= 11 is 0. The van der Waals surface area contributed by atoms with E-state index < -0.39 is 0 Å². The van der Waals surface area contributed by atoms with Crippen molar-refractivity contribution in [2.24, 2.45) is 0 Å². The van der Waals surface area contributed by atoms with Crippen LogP contribution in [0.2, 0.25) is 0 Å². The molecule has 0 aliphatic heterocycles. The first-order valence-electron chi connectivity index (χ1n) is 7.84. The Balaban J connectivity index is 2.11. The lowest BCUT2D eigenvalue weighted by Gasteiger charge is -2.11. The third kappa shape index (κ3) is 4.85. The highest BCUT2D eigenvalue weighted by Crippen LogP contribution is 2.16. The number of anilines is 1. The van der Waals surface area contributed by atoms with Crippen molar-refractivity contribution in [3.05, 3.63) is 53.5 Å². The van der Waals surface area contributed by atoms with Crippen LogP contribution in [0, 0.1) is 0 Å². The van der Waals surface area contributed by atoms with Crippen LogP contribution in [0.3, 0.4) is 0 Å². The van der Waals surface area contributed by atoms with E-state index in [2.05, 4.69) is 61.4 Å². The summed E-state index contributed by atoms with van der Waals surface area (Å²) in [5.74, 6) is 2.31. The summed E-state index contributed by atoms with van der Waals surface area (Å²) in [4.78, 5) is 9.35. The second kappa shape index (κ2) is 7.77. The summed E-state index contributed by atoms with van der Waals surface area (Å²) in [6, 6.07) is 12.6. The third-order valence-electron chi connectivity index (χ3n) is 3.42. The van der Waals surface area contributed by atoms with E-state index in [0.29, 0.717) is 5.92 Å². The van der Waals surface area contributed by atoms with Gasteiger partial charge in [0.1, 0.15) is 11.6 Å². The number of benzene rings is 1. The van der Waals surface area contributed by atoms with Crippen molar-refractivity contribution in [2.45, 2.75) is 46.0 Å². The highest BCUT2D eigenvalue weighted by Gasteiger charge is 2.08. The van der Waals surface area contributed by atoms with Gasteiger partial charge in [-0.2, -0.15) is 0 Å². The molecule has 0 radical (unpaired) electrons. The molecule has 1 N–H and O–H groups in total. The highest BCUT2D eigenvalue weighted by molar-refractivity contribution is 5.37. The van der Waals surface area contributed by atoms with Crippen molar-refractivity contribution in [3.8, 4) is 0 Å². The Hall–Kier alpha value is -1.90. The predicted molar refractivity (Wildman–Crippen MR) is 88.8 cm³/mol. The zero-order valence-electron chi connectivity index (χ0n) is 13.3. The van der Waals surface area contributed by atoms with E-state index in [1.807, 2.05) is 6.07 Å². The Labute approximate surface area is 127 Å². The zero-order chi connectivity index (χ0) is 15.1. The van der Waals surface area contributed by atoms with Crippen molar-refractivity contribution in [2.75, 3.05) is 11.9 Å². The lowest BCUT2D eigenvalue weighted by atomic mass is 10.1. The number of aromatic nitrogens is 2. The highest BCUT2D eigenvalue weighted by atomic mass is 15.0. The van der Waals surface area contributed by atoms with Crippen LogP contribution in [0.1, 0.15) is 50.2 Å². The molecule has 0 saturated heterocycles. The van der Waals surface area contributed by atoms with E-state index >= 15 is 0 Å². The first kappa shape index (κ1) is 15.5. The van der Waals surface area contributed by atoms with Crippen LogP contribution >= 0.6 is 0 Å². The molecule has 0 fully saturated rings. The molecule has 0 saturated carbocycles. The van der Waals surface area contributed by atoms with Crippen LogP contribution in [0.4, 0.5) is 5.82 Å². The van der Waals surface area contributed by atoms with Gasteiger partial charge in [0, 0.05) is 24.7 Å². The van der Waals surface area contributed by atoms with Crippen molar-refractivity contribution < 1.29 is 0 Å². The summed E-state index contributed by atoms with van der Waals surface area (Å²) in [6.45, 7) is 7.46. The Morgan fingerprint density at radius 3 is 2.48 bits per heavy atom. The maximum Gasteiger partial charge on any atom is 0.131 e. The fraction of sp³-hybridized carbons (Fsp3) is 0.444. The molecule has 0 bridgehead atoms. The van der Waals surface area contributed by atoms with E-state index in [4.69, 9.17) is 4.98 Å². The molecule has 2 rings (SSSR count). The molecule has 1 aromatic carbocycles. The third-order valence-corrected chi connectivity index (χ3v) is 3.42. The molecule has 0 aliphatic rings. The molecule has 0 spiro atoms. The van der Waals surface area contributed by atoms with Gasteiger partial charge < -0.3 is 5.32 Å². The van der Waals surface area contributed by atoms with Gasteiger partial charge in [0.2, 0.25) is 0 Å². The number of nitrogens with one attached hydrogen (secondary N) is 1. The number of hydrogen-bond donors (Lipinski definition) is 1. The average Bonchev–Trinajstić information content (AvgIpc) is 2.51. The summed E-state index contributed by atoms with van der Waals surface area (Å²) in [6.07, 6.45) is 2.96. The molecule has 0 atom stereocenters. The van der Waals surface area contributed by atoms with Gasteiger partial charge in [0.05, 0.1) is 0 Å². The van der Waals surface area contributed by atoms with Crippen molar-refractivity contribution in [3.63, 3.8) is 0 Å². The van der Waals surface area contributed by atoms with E-state index in [1.54, 1.807) is 0 Å². The van der Waals surface area contributed by atoms with E-state index in [0.717, 1.165) is 43.1 Å². The summed E-state index contributed by atoms with van der Waals surface area (Å²) in [7, 11) is 0. The summed E-state index contributed by atoms with van der Waals surface area (Å²) in [5.41, 5.74) is 2.45. The van der Waals surface area contributed by atoms with Crippen LogP contribution in [-0.4, -0.2) is 16.5 Å². The first-order valence-corrected chi connectivity index (χ1v) is 7.84. The Bertz CT molecular complexity index is 550. The minimum absolute atomic E-state index is 0.422. The number of hydrogen-bond acceptors (Lipinski definition) is 3. The van der Waals surface area contributed by atoms with Crippen LogP contribution in [0.25, 0.3) is 0 Å². The fourth-order valence-electron chi connectivity index (χ4n) is 2.17. The topological polar surface area (TPSA) is 37.8 Å². The van der Waals surface area contributed by atoms with Crippen molar-refractivity contribution >= 4 is 5.82 Å². The second-order valence-electron chi connectivity index (χ2n) is 5.66. The standard InChI is InChI=1S/C18H25N3/c1-4-12-19-18-13-16(14(2)3)20-17(21-18)11-10-15-8-6-5-7-9-15/h5-9,13-14H,4,10-12H2,1-3H3,(H,19,20,21). The number of rotatable bonds is 7. The molecule has 0 aliphatic carbocycles. The van der Waals surface area contributed by atoms with Crippen molar-refractivity contribution in [1.29, 1.82) is 0 Å². The van der Waals surface area contributed by atoms with Crippen LogP contribution < -0.4 is 5.32 Å². The van der Waals surface area contributed by atoms with E-state index in [9.17, 15) is 0 Å². The normalized spacial score (nSPS) is 10.9. The average molecular weight is 283 g/mol. The molecule has 2 aromatic rings. The molecule has 3 nitrogen and oxygen atoms in total. The minimum Gasteiger partial charge on any atom is -0.370 e. The van der Waals surface area contributed by atoms with Gasteiger partial charge in [0.15, 0.2) is 0 Å². The lowest BCUT2D eigenvalue weighted by molar-refractivity contribution is 0.770. The lowest BCUT2D eigenvalue weighted by Crippen LogP contribution is -2.09. The summed E-state index contributed by atoms with van der Waals surface area (Å²) < 4.78 is 0. The fourth-order valence-corrected chi connectivity index (χ4v) is 2.17.